The third kappa shape index (κ3) is 3.76. The third-order valence-corrected chi connectivity index (χ3v) is 6.75. The van der Waals surface area contributed by atoms with Gasteiger partial charge in [0.1, 0.15) is 0 Å². The predicted molar refractivity (Wildman–Crippen MR) is 97.4 cm³/mol. The Hall–Kier alpha value is -1.16. The zero-order valence-corrected chi connectivity index (χ0v) is 15.7. The molecular weight excluding hydrogens is 334 g/mol. The Balaban J connectivity index is 1.33. The topological polar surface area (TPSA) is 18.5 Å². The monoisotopic (exact) mass is 364 g/mol. The van der Waals surface area contributed by atoms with Crippen LogP contribution in [0, 0.1) is 29.4 Å². The van der Waals surface area contributed by atoms with E-state index in [0.717, 1.165) is 44.1 Å². The molecule has 0 amide bonds. The quantitative estimate of drug-likeness (QED) is 0.653. The molecule has 0 bridgehead atoms. The molecule has 1 saturated heterocycles. The van der Waals surface area contributed by atoms with Crippen LogP contribution in [0.2, 0.25) is 0 Å². The molecule has 1 aromatic carbocycles. The van der Waals surface area contributed by atoms with Gasteiger partial charge < -0.3 is 9.47 Å². The van der Waals surface area contributed by atoms with Crippen LogP contribution in [0.4, 0.5) is 8.78 Å². The second-order valence-electron chi connectivity index (χ2n) is 8.37. The van der Waals surface area contributed by atoms with Crippen molar-refractivity contribution in [1.82, 2.24) is 0 Å². The summed E-state index contributed by atoms with van der Waals surface area (Å²) in [5.41, 5.74) is 0.516. The van der Waals surface area contributed by atoms with Crippen LogP contribution in [-0.2, 0) is 4.74 Å². The van der Waals surface area contributed by atoms with E-state index in [4.69, 9.17) is 9.47 Å². The molecule has 2 nitrogen and oxygen atoms in total. The van der Waals surface area contributed by atoms with E-state index in [1.807, 2.05) is 0 Å². The number of hydrogen-bond acceptors (Lipinski definition) is 2. The molecule has 3 fully saturated rings. The fourth-order valence-corrected chi connectivity index (χ4v) is 5.03. The van der Waals surface area contributed by atoms with Gasteiger partial charge in [0, 0.05) is 0 Å². The molecule has 0 aromatic heterocycles. The van der Waals surface area contributed by atoms with Crippen LogP contribution < -0.4 is 4.74 Å². The van der Waals surface area contributed by atoms with Crippen molar-refractivity contribution in [2.75, 3.05) is 13.2 Å². The van der Waals surface area contributed by atoms with Crippen molar-refractivity contribution >= 4 is 0 Å². The van der Waals surface area contributed by atoms with Crippen LogP contribution in [0.15, 0.2) is 12.1 Å². The lowest BCUT2D eigenvalue weighted by molar-refractivity contribution is -0.0603. The van der Waals surface area contributed by atoms with Crippen molar-refractivity contribution in [3.05, 3.63) is 29.3 Å². The zero-order valence-electron chi connectivity index (χ0n) is 15.7. The van der Waals surface area contributed by atoms with Crippen LogP contribution in [0.3, 0.4) is 0 Å². The van der Waals surface area contributed by atoms with Crippen molar-refractivity contribution in [3.63, 3.8) is 0 Å². The number of rotatable bonds is 5. The molecule has 26 heavy (non-hydrogen) atoms. The average molecular weight is 364 g/mol. The van der Waals surface area contributed by atoms with Gasteiger partial charge in [-0.25, -0.2) is 4.39 Å². The van der Waals surface area contributed by atoms with Gasteiger partial charge >= 0.3 is 0 Å². The Labute approximate surface area is 155 Å². The van der Waals surface area contributed by atoms with E-state index in [-0.39, 0.29) is 11.7 Å². The summed E-state index contributed by atoms with van der Waals surface area (Å²) in [6.07, 6.45) is 9.61. The lowest BCUT2D eigenvalue weighted by Gasteiger charge is -2.38. The van der Waals surface area contributed by atoms with Crippen molar-refractivity contribution < 1.29 is 18.3 Å². The first-order valence-electron chi connectivity index (χ1n) is 10.4. The van der Waals surface area contributed by atoms with E-state index in [0.29, 0.717) is 24.2 Å². The second kappa shape index (κ2) is 7.84. The Morgan fingerprint density at radius 2 is 1.58 bits per heavy atom. The third-order valence-electron chi connectivity index (χ3n) is 6.75. The Bertz CT molecular complexity index is 613. The van der Waals surface area contributed by atoms with Crippen LogP contribution in [0.1, 0.15) is 69.8 Å². The number of hydrogen-bond donors (Lipinski definition) is 0. The maximum absolute atomic E-state index is 14.5. The lowest BCUT2D eigenvalue weighted by Crippen LogP contribution is -2.34. The highest BCUT2D eigenvalue weighted by Gasteiger charge is 2.38. The van der Waals surface area contributed by atoms with E-state index in [1.165, 1.54) is 25.7 Å². The number of halogens is 2. The molecule has 4 rings (SSSR count). The normalized spacial score (nSPS) is 32.4. The van der Waals surface area contributed by atoms with Gasteiger partial charge in [0.15, 0.2) is 11.6 Å². The highest BCUT2D eigenvalue weighted by Crippen LogP contribution is 2.45. The first-order chi connectivity index (χ1) is 12.7. The summed E-state index contributed by atoms with van der Waals surface area (Å²) < 4.78 is 40.0. The van der Waals surface area contributed by atoms with Gasteiger partial charge in [0.05, 0.1) is 19.3 Å². The molecule has 0 spiro atoms. The molecule has 1 heterocycles. The Kier molecular flexibility index (Phi) is 5.49. The minimum absolute atomic E-state index is 0.0169. The number of benzene rings is 1. The maximum atomic E-state index is 14.5. The van der Waals surface area contributed by atoms with Gasteiger partial charge in [-0.3, -0.25) is 0 Å². The van der Waals surface area contributed by atoms with E-state index >= 15 is 0 Å². The summed E-state index contributed by atoms with van der Waals surface area (Å²) in [6, 6.07) is 3.29. The summed E-state index contributed by atoms with van der Waals surface area (Å²) in [5.74, 6) is 0.881. The van der Waals surface area contributed by atoms with Crippen LogP contribution in [0.25, 0.3) is 0 Å². The predicted octanol–water partition coefficient (Wildman–Crippen LogP) is 5.84. The molecule has 0 radical (unpaired) electrons. The number of ether oxygens (including phenoxy) is 2. The lowest BCUT2D eigenvalue weighted by atomic mass is 9.75. The van der Waals surface area contributed by atoms with E-state index in [2.05, 4.69) is 0 Å². The van der Waals surface area contributed by atoms with E-state index in [1.54, 1.807) is 19.1 Å². The van der Waals surface area contributed by atoms with Gasteiger partial charge in [-0.05, 0) is 93.6 Å². The largest absolute Gasteiger partial charge is 0.491 e. The standard InChI is InChI=1S/C22H30F2O2/c1-2-25-20-12-10-18(21(23)22(20)24)15-5-7-16(8-6-15)19-11-9-17(13-26-19)14-3-4-14/h10,12,14-17,19H,2-9,11,13H2,1H3. The summed E-state index contributed by atoms with van der Waals surface area (Å²) >= 11 is 0. The Morgan fingerprint density at radius 1 is 0.885 bits per heavy atom. The summed E-state index contributed by atoms with van der Waals surface area (Å²) in [6.45, 7) is 3.05. The van der Waals surface area contributed by atoms with Crippen molar-refractivity contribution in [2.45, 2.75) is 70.3 Å². The van der Waals surface area contributed by atoms with Crippen LogP contribution >= 0.6 is 0 Å². The van der Waals surface area contributed by atoms with Gasteiger partial charge in [-0.15, -0.1) is 0 Å². The van der Waals surface area contributed by atoms with Gasteiger partial charge in [0.2, 0.25) is 5.82 Å². The molecule has 0 N–H and O–H groups in total. The van der Waals surface area contributed by atoms with Gasteiger partial charge in [-0.2, -0.15) is 4.39 Å². The SMILES string of the molecule is CCOc1ccc(C2CCC(C3CCC(C4CC4)CO3)CC2)c(F)c1F. The van der Waals surface area contributed by atoms with E-state index < -0.39 is 11.6 Å². The minimum atomic E-state index is -0.840. The van der Waals surface area contributed by atoms with E-state index in [9.17, 15) is 8.78 Å². The van der Waals surface area contributed by atoms with Crippen LogP contribution in [0.5, 0.6) is 5.75 Å². The first-order valence-corrected chi connectivity index (χ1v) is 10.4. The molecule has 1 aromatic rings. The zero-order chi connectivity index (χ0) is 18.1. The minimum Gasteiger partial charge on any atom is -0.491 e. The van der Waals surface area contributed by atoms with Gasteiger partial charge in [-0.1, -0.05) is 6.07 Å². The van der Waals surface area contributed by atoms with Gasteiger partial charge in [0.25, 0.3) is 0 Å². The summed E-state index contributed by atoms with van der Waals surface area (Å²) in [5, 5.41) is 0. The summed E-state index contributed by atoms with van der Waals surface area (Å²) in [7, 11) is 0. The maximum Gasteiger partial charge on any atom is 0.200 e. The summed E-state index contributed by atoms with van der Waals surface area (Å²) in [4.78, 5) is 0. The smallest absolute Gasteiger partial charge is 0.200 e. The molecule has 2 unspecified atom stereocenters. The van der Waals surface area contributed by atoms with Crippen molar-refractivity contribution in [2.24, 2.45) is 17.8 Å². The fraction of sp³-hybridized carbons (Fsp3) is 0.727. The molecule has 3 aliphatic rings. The molecular formula is C22H30F2O2. The second-order valence-corrected chi connectivity index (χ2v) is 8.37. The highest BCUT2D eigenvalue weighted by molar-refractivity contribution is 5.33. The molecule has 2 aliphatic carbocycles. The van der Waals surface area contributed by atoms with Crippen LogP contribution in [-0.4, -0.2) is 19.3 Å². The molecule has 2 atom stereocenters. The van der Waals surface area contributed by atoms with Crippen molar-refractivity contribution in [1.29, 1.82) is 0 Å². The molecule has 2 saturated carbocycles. The first kappa shape index (κ1) is 18.2. The highest BCUT2D eigenvalue weighted by atomic mass is 19.2. The molecule has 144 valence electrons. The molecule has 4 heteroatoms. The average Bonchev–Trinajstić information content (AvgIpc) is 3.52. The molecule has 1 aliphatic heterocycles. The Morgan fingerprint density at radius 3 is 2.19 bits per heavy atom. The fourth-order valence-electron chi connectivity index (χ4n) is 5.03. The van der Waals surface area contributed by atoms with Crippen molar-refractivity contribution in [3.8, 4) is 5.75 Å².